The van der Waals surface area contributed by atoms with Crippen molar-refractivity contribution in [3.05, 3.63) is 55.1 Å². The molecule has 4 heteroatoms. The van der Waals surface area contributed by atoms with Crippen molar-refractivity contribution >= 4 is 27.9 Å². The number of hydrogen-bond donors (Lipinski definition) is 1. The number of unbranched alkanes of at least 4 members (excludes halogenated alkanes) is 9. The van der Waals surface area contributed by atoms with E-state index in [-0.39, 0.29) is 4.70 Å². The second-order valence-electron chi connectivity index (χ2n) is 6.09. The van der Waals surface area contributed by atoms with Gasteiger partial charge < -0.3 is 4.98 Å². The third kappa shape index (κ3) is 25.7. The van der Waals surface area contributed by atoms with Gasteiger partial charge in [-0.15, -0.1) is 0 Å². The van der Waals surface area contributed by atoms with E-state index in [1.165, 1.54) is 95.8 Å². The molecule has 2 rings (SSSR count). The molecule has 0 fully saturated rings. The van der Waals surface area contributed by atoms with E-state index in [1.807, 2.05) is 42.7 Å². The Bertz CT molecular complexity index is 342. The predicted molar refractivity (Wildman–Crippen MR) is 110 cm³/mol. The van der Waals surface area contributed by atoms with Crippen LogP contribution in [0, 0.1) is 0 Å². The predicted octanol–water partition coefficient (Wildman–Crippen LogP) is 6.74. The van der Waals surface area contributed by atoms with Gasteiger partial charge in [-0.25, -0.2) is 0 Å². The molecule has 0 amide bonds. The number of nitrogens with zero attached hydrogens (tertiary/aromatic N) is 1. The number of H-pyrrole nitrogens is 1. The van der Waals surface area contributed by atoms with Crippen LogP contribution >= 0.6 is 0 Å². The SMILES string of the molecule is CCCCCCCCCCC[CH2][Na].F.c1cc[nH]c1.c1ccncc1. The molecular weight excluding hydrogens is 322 g/mol. The Morgan fingerprint density at radius 1 is 0.680 bits per heavy atom. The largest absolute Gasteiger partial charge is 0.368 e. The molecule has 2 heterocycles. The molecule has 0 saturated heterocycles. The van der Waals surface area contributed by atoms with Crippen LogP contribution in [0.4, 0.5) is 4.70 Å². The summed E-state index contributed by atoms with van der Waals surface area (Å²) in [6, 6.07) is 9.60. The number of aromatic nitrogens is 2. The van der Waals surface area contributed by atoms with Crippen molar-refractivity contribution in [2.45, 2.75) is 74.8 Å². The molecule has 0 saturated carbocycles. The van der Waals surface area contributed by atoms with Gasteiger partial charge in [0.05, 0.1) is 0 Å². The van der Waals surface area contributed by atoms with Gasteiger partial charge in [0.2, 0.25) is 0 Å². The third-order valence-electron chi connectivity index (χ3n) is 3.77. The fourth-order valence-corrected chi connectivity index (χ4v) is 2.83. The van der Waals surface area contributed by atoms with Gasteiger partial charge in [-0.3, -0.25) is 9.69 Å². The molecule has 0 spiro atoms. The summed E-state index contributed by atoms with van der Waals surface area (Å²) >= 11 is 1.41. The van der Waals surface area contributed by atoms with Crippen LogP contribution in [-0.4, -0.2) is 37.9 Å². The minimum absolute atomic E-state index is 0. The van der Waals surface area contributed by atoms with Crippen molar-refractivity contribution in [1.82, 2.24) is 9.97 Å². The van der Waals surface area contributed by atoms with E-state index >= 15 is 0 Å². The molecule has 0 aromatic carbocycles. The molecule has 0 aliphatic heterocycles. The van der Waals surface area contributed by atoms with Crippen LogP contribution < -0.4 is 0 Å². The van der Waals surface area contributed by atoms with Crippen molar-refractivity contribution < 1.29 is 4.70 Å². The molecule has 0 bridgehead atoms. The molecule has 0 radical (unpaired) electrons. The summed E-state index contributed by atoms with van der Waals surface area (Å²) in [4.78, 5) is 6.65. The summed E-state index contributed by atoms with van der Waals surface area (Å²) in [5, 5.41) is 0. The van der Waals surface area contributed by atoms with Crippen LogP contribution in [0.1, 0.15) is 71.1 Å². The molecule has 0 atom stereocenters. The van der Waals surface area contributed by atoms with E-state index in [1.54, 1.807) is 12.4 Å². The Labute approximate surface area is 172 Å². The first-order valence-electron chi connectivity index (χ1n) is 9.84. The van der Waals surface area contributed by atoms with Gasteiger partial charge in [-0.2, -0.15) is 0 Å². The Morgan fingerprint density at radius 2 is 1.16 bits per heavy atom. The molecule has 25 heavy (non-hydrogen) atoms. The minimum atomic E-state index is 0. The van der Waals surface area contributed by atoms with Gasteiger partial charge in [0.25, 0.3) is 0 Å². The summed E-state index contributed by atoms with van der Waals surface area (Å²) in [7, 11) is 0. The second kappa shape index (κ2) is 25.6. The van der Waals surface area contributed by atoms with Gasteiger partial charge >= 0.3 is 103 Å². The monoisotopic (exact) mass is 358 g/mol. The fourth-order valence-electron chi connectivity index (χ4n) is 2.33. The standard InChI is InChI=1S/C12H25.C5H5N.C4H5N.FH.Na/c1-3-5-7-9-11-12-10-8-6-4-2;1-2-4-6-5-3-1;1-2-4-5-3-1;;/h1,3-12H2,2H3;1-5H;1-5H;1H;. The zero-order chi connectivity index (χ0) is 17.6. The van der Waals surface area contributed by atoms with Gasteiger partial charge in [0.1, 0.15) is 0 Å². The summed E-state index contributed by atoms with van der Waals surface area (Å²) in [6.07, 6.45) is 22.0. The number of hydrogen-bond acceptors (Lipinski definition) is 1. The van der Waals surface area contributed by atoms with Crippen molar-refractivity contribution in [3.63, 3.8) is 0 Å². The van der Waals surface area contributed by atoms with E-state index < -0.39 is 0 Å². The average molecular weight is 359 g/mol. The molecule has 1 N–H and O–H groups in total. The van der Waals surface area contributed by atoms with E-state index in [2.05, 4.69) is 16.9 Å². The Morgan fingerprint density at radius 3 is 1.44 bits per heavy atom. The molecular formula is C21H36FN2Na. The minimum Gasteiger partial charge on any atom is -0.368 e. The second-order valence-corrected chi connectivity index (χ2v) is 7.09. The summed E-state index contributed by atoms with van der Waals surface area (Å²) < 4.78 is 1.51. The Hall–Kier alpha value is -0.640. The summed E-state index contributed by atoms with van der Waals surface area (Å²) in [5.74, 6) is 0. The van der Waals surface area contributed by atoms with Crippen molar-refractivity contribution in [3.8, 4) is 0 Å². The van der Waals surface area contributed by atoms with Crippen molar-refractivity contribution in [1.29, 1.82) is 0 Å². The molecule has 2 aromatic rings. The van der Waals surface area contributed by atoms with Gasteiger partial charge in [0.15, 0.2) is 0 Å². The van der Waals surface area contributed by atoms with Gasteiger partial charge in [-0.05, 0) is 24.3 Å². The van der Waals surface area contributed by atoms with Crippen LogP contribution in [0.2, 0.25) is 3.67 Å². The quantitative estimate of drug-likeness (QED) is 0.369. The maximum absolute atomic E-state index is 3.78. The van der Waals surface area contributed by atoms with Crippen LogP contribution in [0.3, 0.4) is 0 Å². The number of pyridine rings is 1. The fraction of sp³-hybridized carbons (Fsp3) is 0.571. The zero-order valence-electron chi connectivity index (χ0n) is 16.3. The molecule has 138 valence electrons. The van der Waals surface area contributed by atoms with Crippen molar-refractivity contribution in [2.24, 2.45) is 0 Å². The first kappa shape index (κ1) is 26.6. The maximum Gasteiger partial charge on any atom is 0.0267 e. The number of aromatic amines is 1. The molecule has 0 aliphatic rings. The molecule has 0 unspecified atom stereocenters. The topological polar surface area (TPSA) is 28.7 Å². The van der Waals surface area contributed by atoms with E-state index in [0.717, 1.165) is 0 Å². The van der Waals surface area contributed by atoms with E-state index in [4.69, 9.17) is 0 Å². The number of rotatable bonds is 10. The molecule has 2 nitrogen and oxygen atoms in total. The number of halogens is 1. The smallest absolute Gasteiger partial charge is 0.0267 e. The maximum atomic E-state index is 3.78. The van der Waals surface area contributed by atoms with Crippen LogP contribution in [0.5, 0.6) is 0 Å². The first-order chi connectivity index (χ1) is 11.9. The third-order valence-corrected chi connectivity index (χ3v) is 4.48. The Kier molecular flexibility index (Phi) is 27.2. The number of nitrogens with one attached hydrogen (secondary N) is 1. The van der Waals surface area contributed by atoms with Crippen molar-refractivity contribution in [2.75, 3.05) is 0 Å². The van der Waals surface area contributed by atoms with Crippen LogP contribution in [-0.2, 0) is 0 Å². The van der Waals surface area contributed by atoms with E-state index in [9.17, 15) is 0 Å². The van der Waals surface area contributed by atoms with E-state index in [0.29, 0.717) is 0 Å². The van der Waals surface area contributed by atoms with Crippen LogP contribution in [0.25, 0.3) is 0 Å². The summed E-state index contributed by atoms with van der Waals surface area (Å²) in [6.45, 7) is 2.29. The van der Waals surface area contributed by atoms with Crippen LogP contribution in [0.15, 0.2) is 55.1 Å². The summed E-state index contributed by atoms with van der Waals surface area (Å²) in [5.41, 5.74) is 0. The zero-order valence-corrected chi connectivity index (χ0v) is 18.3. The normalized spacial score (nSPS) is 9.08. The average Bonchev–Trinajstić information content (AvgIpc) is 3.22. The molecule has 2 aromatic heterocycles. The molecule has 0 aliphatic carbocycles. The Balaban J connectivity index is 0. The van der Waals surface area contributed by atoms with Gasteiger partial charge in [-0.1, -0.05) is 6.07 Å². The van der Waals surface area contributed by atoms with Gasteiger partial charge in [0, 0.05) is 24.8 Å². The first-order valence-corrected chi connectivity index (χ1v) is 11.3.